The number of hydroxylamine groups is 2. The summed E-state index contributed by atoms with van der Waals surface area (Å²) in [7, 11) is 0. The maximum absolute atomic E-state index is 9.33. The highest BCUT2D eigenvalue weighted by molar-refractivity contribution is 6.51. The number of nitrogens with zero attached hydrogens (tertiary/aromatic N) is 2. The summed E-state index contributed by atoms with van der Waals surface area (Å²) in [6, 6.07) is 2.09. The quantitative estimate of drug-likeness (QED) is 0.719. The van der Waals surface area contributed by atoms with Gasteiger partial charge in [0.15, 0.2) is 0 Å². The Kier molecular flexibility index (Phi) is 6.11. The van der Waals surface area contributed by atoms with Crippen LogP contribution in [0.25, 0.3) is 0 Å². The summed E-state index contributed by atoms with van der Waals surface area (Å²) in [6.45, 7) is 11.2. The molecule has 0 saturated carbocycles. The Labute approximate surface area is 116 Å². The molecule has 0 aliphatic carbocycles. The zero-order valence-corrected chi connectivity index (χ0v) is 13.4. The monoisotopic (exact) mass is 268 g/mol. The molecule has 0 amide bonds. The van der Waals surface area contributed by atoms with Crippen LogP contribution in [0.3, 0.4) is 0 Å². The zero-order valence-electron chi connectivity index (χ0n) is 12.3. The van der Waals surface area contributed by atoms with Crippen molar-refractivity contribution < 1.29 is 8.63 Å². The summed E-state index contributed by atoms with van der Waals surface area (Å²) in [5.74, 6) is 0. The van der Waals surface area contributed by atoms with Crippen LogP contribution in [-0.4, -0.2) is 43.8 Å². The number of rotatable bonds is 5. The van der Waals surface area contributed by atoms with Crippen molar-refractivity contribution in [1.29, 1.82) is 5.26 Å². The fourth-order valence-corrected chi connectivity index (χ4v) is 3.70. The SMILES string of the molecule is C[CH2][Al]([CH2]C)[O]N1CC[C@H](OC(C)(C)C)[C@@H]1C#N. The van der Waals surface area contributed by atoms with E-state index in [-0.39, 0.29) is 17.7 Å². The predicted octanol–water partition coefficient (Wildman–Crippen LogP) is 2.73. The molecule has 2 atom stereocenters. The lowest BCUT2D eigenvalue weighted by Crippen LogP contribution is -2.41. The number of hydrogen-bond donors (Lipinski definition) is 0. The highest BCUT2D eigenvalue weighted by Gasteiger charge is 2.39. The largest absolute Gasteiger partial charge is 0.486 e. The lowest BCUT2D eigenvalue weighted by molar-refractivity contribution is -0.108. The van der Waals surface area contributed by atoms with E-state index < -0.39 is 14.5 Å². The van der Waals surface area contributed by atoms with Crippen molar-refractivity contribution in [3.05, 3.63) is 0 Å². The maximum atomic E-state index is 9.33. The van der Waals surface area contributed by atoms with Crippen LogP contribution in [0, 0.1) is 11.3 Å². The fraction of sp³-hybridized carbons (Fsp3) is 0.923. The Hall–Kier alpha value is -0.0975. The van der Waals surface area contributed by atoms with Gasteiger partial charge < -0.3 is 8.63 Å². The van der Waals surface area contributed by atoms with Crippen LogP contribution in [0.5, 0.6) is 0 Å². The molecular weight excluding hydrogens is 243 g/mol. The molecule has 0 bridgehead atoms. The molecule has 5 heteroatoms. The van der Waals surface area contributed by atoms with Gasteiger partial charge in [-0.2, -0.15) is 5.26 Å². The first-order valence-corrected chi connectivity index (χ1v) is 9.02. The second-order valence-electron chi connectivity index (χ2n) is 5.82. The summed E-state index contributed by atoms with van der Waals surface area (Å²) in [6.07, 6.45) is 0.850. The molecule has 1 fully saturated rings. The molecule has 102 valence electrons. The third-order valence-corrected chi connectivity index (χ3v) is 5.52. The summed E-state index contributed by atoms with van der Waals surface area (Å²) in [5, 5.41) is 13.4. The highest BCUT2D eigenvalue weighted by Crippen LogP contribution is 2.26. The molecule has 0 aromatic carbocycles. The van der Waals surface area contributed by atoms with Gasteiger partial charge in [-0.15, -0.1) is 0 Å². The minimum Gasteiger partial charge on any atom is -0.422 e. The van der Waals surface area contributed by atoms with E-state index >= 15 is 0 Å². The summed E-state index contributed by atoms with van der Waals surface area (Å²) >= 11 is -1.16. The minimum absolute atomic E-state index is 0.0293. The van der Waals surface area contributed by atoms with E-state index in [4.69, 9.17) is 8.63 Å². The first-order valence-electron chi connectivity index (χ1n) is 6.92. The highest BCUT2D eigenvalue weighted by atomic mass is 27.2. The number of nitriles is 1. The fourth-order valence-electron chi connectivity index (χ4n) is 2.21. The smallest absolute Gasteiger partial charge is 0.422 e. The number of hydrogen-bond acceptors (Lipinski definition) is 4. The molecule has 1 saturated heterocycles. The van der Waals surface area contributed by atoms with Crippen molar-refractivity contribution >= 4 is 14.5 Å². The third kappa shape index (κ3) is 4.54. The van der Waals surface area contributed by atoms with E-state index in [2.05, 4.69) is 19.9 Å². The molecule has 1 rings (SSSR count). The average molecular weight is 268 g/mol. The van der Waals surface area contributed by atoms with E-state index in [9.17, 15) is 5.26 Å². The van der Waals surface area contributed by atoms with E-state index in [1.165, 1.54) is 0 Å². The standard InChI is InChI=1S/C9H15N2O2.2C2H5.Al/c1-9(2,3)13-8-4-5-11(12)7(8)6-10;2*1-2;/h7-8H,4-5H2,1-3H3;2*1H2,2H3;/q-1;;;+1/t7-,8-;;;/m0.../s1. The maximum Gasteiger partial charge on any atom is 0.486 e. The molecule has 1 heterocycles. The van der Waals surface area contributed by atoms with Crippen molar-refractivity contribution in [2.45, 2.75) is 69.4 Å². The van der Waals surface area contributed by atoms with E-state index in [1.807, 2.05) is 25.8 Å². The van der Waals surface area contributed by atoms with E-state index in [0.29, 0.717) is 0 Å². The number of ether oxygens (including phenoxy) is 1. The van der Waals surface area contributed by atoms with Gasteiger partial charge in [0.05, 0.1) is 17.8 Å². The van der Waals surface area contributed by atoms with Gasteiger partial charge in [0.2, 0.25) is 0 Å². The zero-order chi connectivity index (χ0) is 13.8. The summed E-state index contributed by atoms with van der Waals surface area (Å²) < 4.78 is 12.0. The van der Waals surface area contributed by atoms with Crippen LogP contribution in [-0.2, 0) is 8.63 Å². The van der Waals surface area contributed by atoms with Gasteiger partial charge in [-0.1, -0.05) is 24.4 Å². The van der Waals surface area contributed by atoms with Crippen LogP contribution in [0.15, 0.2) is 0 Å². The van der Waals surface area contributed by atoms with E-state index in [1.54, 1.807) is 0 Å². The van der Waals surface area contributed by atoms with Crippen molar-refractivity contribution in [2.75, 3.05) is 6.54 Å². The van der Waals surface area contributed by atoms with Crippen molar-refractivity contribution in [2.24, 2.45) is 0 Å². The van der Waals surface area contributed by atoms with Gasteiger partial charge in [0.25, 0.3) is 0 Å². The first-order chi connectivity index (χ1) is 8.41. The summed E-state index contributed by atoms with van der Waals surface area (Å²) in [4.78, 5) is 0. The topological polar surface area (TPSA) is 45.5 Å². The van der Waals surface area contributed by atoms with Crippen LogP contribution in [0.1, 0.15) is 41.0 Å². The van der Waals surface area contributed by atoms with Crippen LogP contribution >= 0.6 is 0 Å². The first kappa shape index (κ1) is 16.0. The predicted molar refractivity (Wildman–Crippen MR) is 73.2 cm³/mol. The molecule has 0 aromatic rings. The molecular formula is C13H25AlN2O2. The van der Waals surface area contributed by atoms with Gasteiger partial charge in [-0.3, -0.25) is 0 Å². The molecule has 18 heavy (non-hydrogen) atoms. The Bertz CT molecular complexity index is 294. The van der Waals surface area contributed by atoms with Gasteiger partial charge in [-0.05, 0) is 27.2 Å². The second-order valence-corrected chi connectivity index (χ2v) is 8.90. The van der Waals surface area contributed by atoms with Crippen molar-refractivity contribution in [1.82, 2.24) is 5.06 Å². The molecule has 0 spiro atoms. The lowest BCUT2D eigenvalue weighted by Gasteiger charge is -2.29. The lowest BCUT2D eigenvalue weighted by atomic mass is 10.1. The van der Waals surface area contributed by atoms with Crippen LogP contribution in [0.4, 0.5) is 0 Å². The molecule has 0 unspecified atom stereocenters. The Morgan fingerprint density at radius 1 is 1.33 bits per heavy atom. The third-order valence-electron chi connectivity index (χ3n) is 3.13. The average Bonchev–Trinajstić information content (AvgIpc) is 2.65. The van der Waals surface area contributed by atoms with Crippen molar-refractivity contribution in [3.63, 3.8) is 0 Å². The van der Waals surface area contributed by atoms with Crippen LogP contribution in [0.2, 0.25) is 10.6 Å². The minimum atomic E-state index is -1.16. The van der Waals surface area contributed by atoms with Crippen LogP contribution < -0.4 is 0 Å². The Morgan fingerprint density at radius 2 is 1.94 bits per heavy atom. The van der Waals surface area contributed by atoms with Gasteiger partial charge in [0.1, 0.15) is 6.04 Å². The van der Waals surface area contributed by atoms with Crippen molar-refractivity contribution in [3.8, 4) is 6.07 Å². The Morgan fingerprint density at radius 3 is 2.39 bits per heavy atom. The van der Waals surface area contributed by atoms with Gasteiger partial charge >= 0.3 is 14.5 Å². The molecule has 4 nitrogen and oxygen atoms in total. The summed E-state index contributed by atoms with van der Waals surface area (Å²) in [5.41, 5.74) is -0.206. The van der Waals surface area contributed by atoms with E-state index in [0.717, 1.165) is 23.5 Å². The molecule has 0 aromatic heterocycles. The molecule has 1 aliphatic rings. The van der Waals surface area contributed by atoms with Gasteiger partial charge in [-0.25, -0.2) is 5.06 Å². The molecule has 1 aliphatic heterocycles. The Balaban J connectivity index is 2.60. The molecule has 0 radical (unpaired) electrons. The second kappa shape index (κ2) is 6.89. The normalized spacial score (nSPS) is 25.1. The van der Waals surface area contributed by atoms with Gasteiger partial charge in [0, 0.05) is 6.54 Å². The molecule has 0 N–H and O–H groups in total.